The SMILES string of the molecule is Cc1ccc(/C=C2/NC(=O)N(Cc3ccc(C)cc3)C2=O)cc1. The Bertz CT molecular complexity index is 774. The Hall–Kier alpha value is -2.88. The van der Waals surface area contributed by atoms with Crippen LogP contribution in [0.1, 0.15) is 22.3 Å². The predicted octanol–water partition coefficient (Wildman–Crippen LogP) is 3.40. The molecule has 4 heteroatoms. The zero-order valence-electron chi connectivity index (χ0n) is 13.2. The van der Waals surface area contributed by atoms with Crippen molar-refractivity contribution in [2.75, 3.05) is 0 Å². The minimum Gasteiger partial charge on any atom is -0.303 e. The first-order chi connectivity index (χ1) is 11.0. The van der Waals surface area contributed by atoms with Crippen LogP contribution in [-0.2, 0) is 11.3 Å². The molecule has 1 N–H and O–H groups in total. The van der Waals surface area contributed by atoms with Crippen LogP contribution in [0.15, 0.2) is 54.2 Å². The van der Waals surface area contributed by atoms with Gasteiger partial charge in [-0.15, -0.1) is 0 Å². The average Bonchev–Trinajstić information content (AvgIpc) is 2.79. The summed E-state index contributed by atoms with van der Waals surface area (Å²) in [6.45, 7) is 4.28. The minimum absolute atomic E-state index is 0.274. The largest absolute Gasteiger partial charge is 0.329 e. The van der Waals surface area contributed by atoms with E-state index in [-0.39, 0.29) is 18.5 Å². The first-order valence-corrected chi connectivity index (χ1v) is 7.50. The Balaban J connectivity index is 1.79. The molecule has 3 rings (SSSR count). The van der Waals surface area contributed by atoms with Crippen LogP contribution in [0.5, 0.6) is 0 Å². The molecule has 0 radical (unpaired) electrons. The normalized spacial score (nSPS) is 16.1. The monoisotopic (exact) mass is 306 g/mol. The van der Waals surface area contributed by atoms with E-state index >= 15 is 0 Å². The molecule has 23 heavy (non-hydrogen) atoms. The zero-order chi connectivity index (χ0) is 16.4. The summed E-state index contributed by atoms with van der Waals surface area (Å²) in [6.07, 6.45) is 1.70. The van der Waals surface area contributed by atoms with Gasteiger partial charge in [0, 0.05) is 0 Å². The lowest BCUT2D eigenvalue weighted by Gasteiger charge is -2.11. The van der Waals surface area contributed by atoms with Gasteiger partial charge in [-0.1, -0.05) is 59.7 Å². The molecule has 1 aliphatic rings. The number of imide groups is 1. The van der Waals surface area contributed by atoms with Crippen molar-refractivity contribution in [3.63, 3.8) is 0 Å². The van der Waals surface area contributed by atoms with Crippen molar-refractivity contribution in [2.24, 2.45) is 0 Å². The molecular formula is C19H18N2O2. The molecule has 1 fully saturated rings. The van der Waals surface area contributed by atoms with Crippen molar-refractivity contribution in [3.05, 3.63) is 76.5 Å². The number of hydrogen-bond acceptors (Lipinski definition) is 2. The smallest absolute Gasteiger partial charge is 0.303 e. The van der Waals surface area contributed by atoms with Crippen molar-refractivity contribution >= 4 is 18.0 Å². The Labute approximate surface area is 135 Å². The molecular weight excluding hydrogens is 288 g/mol. The van der Waals surface area contributed by atoms with Gasteiger partial charge in [-0.25, -0.2) is 4.79 Å². The van der Waals surface area contributed by atoms with Gasteiger partial charge in [-0.2, -0.15) is 0 Å². The molecule has 0 unspecified atom stereocenters. The third-order valence-corrected chi connectivity index (χ3v) is 3.81. The number of nitrogens with one attached hydrogen (secondary N) is 1. The van der Waals surface area contributed by atoms with Gasteiger partial charge in [0.1, 0.15) is 5.70 Å². The van der Waals surface area contributed by atoms with Crippen LogP contribution < -0.4 is 5.32 Å². The quantitative estimate of drug-likeness (QED) is 0.698. The van der Waals surface area contributed by atoms with Crippen molar-refractivity contribution in [3.8, 4) is 0 Å². The van der Waals surface area contributed by atoms with E-state index in [0.29, 0.717) is 5.70 Å². The minimum atomic E-state index is -0.381. The van der Waals surface area contributed by atoms with Crippen LogP contribution in [0.25, 0.3) is 6.08 Å². The van der Waals surface area contributed by atoms with E-state index in [4.69, 9.17) is 0 Å². The Morgan fingerprint density at radius 1 is 0.913 bits per heavy atom. The number of rotatable bonds is 3. The van der Waals surface area contributed by atoms with E-state index in [2.05, 4.69) is 5.32 Å². The highest BCUT2D eigenvalue weighted by Gasteiger charge is 2.33. The van der Waals surface area contributed by atoms with Gasteiger partial charge >= 0.3 is 6.03 Å². The molecule has 0 aliphatic carbocycles. The molecule has 1 heterocycles. The summed E-state index contributed by atoms with van der Waals surface area (Å²) < 4.78 is 0. The molecule has 4 nitrogen and oxygen atoms in total. The summed E-state index contributed by atoms with van der Waals surface area (Å²) in [5.41, 5.74) is 4.42. The second-order valence-electron chi connectivity index (χ2n) is 5.78. The lowest BCUT2D eigenvalue weighted by molar-refractivity contribution is -0.123. The molecule has 3 amide bonds. The number of amides is 3. The first-order valence-electron chi connectivity index (χ1n) is 7.50. The molecule has 2 aromatic rings. The molecule has 116 valence electrons. The van der Waals surface area contributed by atoms with E-state index in [1.165, 1.54) is 4.90 Å². The molecule has 1 aliphatic heterocycles. The highest BCUT2D eigenvalue weighted by molar-refractivity contribution is 6.13. The highest BCUT2D eigenvalue weighted by atomic mass is 16.2. The van der Waals surface area contributed by atoms with Crippen molar-refractivity contribution in [2.45, 2.75) is 20.4 Å². The summed E-state index contributed by atoms with van der Waals surface area (Å²) in [5.74, 6) is -0.295. The molecule has 0 atom stereocenters. The van der Waals surface area contributed by atoms with Crippen LogP contribution in [0.4, 0.5) is 4.79 Å². The maximum atomic E-state index is 12.4. The summed E-state index contributed by atoms with van der Waals surface area (Å²) in [4.78, 5) is 25.7. The fourth-order valence-corrected chi connectivity index (χ4v) is 2.42. The van der Waals surface area contributed by atoms with Crippen molar-refractivity contribution < 1.29 is 9.59 Å². The number of carbonyl (C=O) groups is 2. The number of benzene rings is 2. The second-order valence-corrected chi connectivity index (χ2v) is 5.78. The number of nitrogens with zero attached hydrogens (tertiary/aromatic N) is 1. The van der Waals surface area contributed by atoms with Gasteiger partial charge in [-0.3, -0.25) is 9.69 Å². The Morgan fingerprint density at radius 2 is 1.48 bits per heavy atom. The van der Waals surface area contributed by atoms with E-state index < -0.39 is 0 Å². The number of aryl methyl sites for hydroxylation is 2. The Morgan fingerprint density at radius 3 is 2.09 bits per heavy atom. The third-order valence-electron chi connectivity index (χ3n) is 3.81. The van der Waals surface area contributed by atoms with Gasteiger partial charge in [0.25, 0.3) is 5.91 Å². The van der Waals surface area contributed by atoms with Crippen molar-refractivity contribution in [1.29, 1.82) is 0 Å². The lowest BCUT2D eigenvalue weighted by Crippen LogP contribution is -2.30. The van der Waals surface area contributed by atoms with E-state index in [1.807, 2.05) is 62.4 Å². The highest BCUT2D eigenvalue weighted by Crippen LogP contribution is 2.17. The number of hydrogen-bond donors (Lipinski definition) is 1. The second kappa shape index (κ2) is 6.08. The first kappa shape index (κ1) is 15.0. The van der Waals surface area contributed by atoms with Gasteiger partial charge in [0.05, 0.1) is 6.54 Å². The number of carbonyl (C=O) groups excluding carboxylic acids is 2. The maximum Gasteiger partial charge on any atom is 0.329 e. The molecule has 0 bridgehead atoms. The molecule has 2 aromatic carbocycles. The van der Waals surface area contributed by atoms with Gasteiger partial charge in [0.15, 0.2) is 0 Å². The van der Waals surface area contributed by atoms with Crippen molar-refractivity contribution in [1.82, 2.24) is 10.2 Å². The van der Waals surface area contributed by atoms with Gasteiger partial charge in [-0.05, 0) is 31.1 Å². The topological polar surface area (TPSA) is 49.4 Å². The summed E-state index contributed by atoms with van der Waals surface area (Å²) in [6, 6.07) is 15.2. The van der Waals surface area contributed by atoms with Crippen LogP contribution in [0, 0.1) is 13.8 Å². The molecule has 0 saturated carbocycles. The fraction of sp³-hybridized carbons (Fsp3) is 0.158. The van der Waals surface area contributed by atoms with Gasteiger partial charge in [0.2, 0.25) is 0 Å². The zero-order valence-corrected chi connectivity index (χ0v) is 13.2. The maximum absolute atomic E-state index is 12.4. The van der Waals surface area contributed by atoms with E-state index in [0.717, 1.165) is 22.3 Å². The summed E-state index contributed by atoms with van der Waals surface area (Å²) >= 11 is 0. The average molecular weight is 306 g/mol. The number of urea groups is 1. The fourth-order valence-electron chi connectivity index (χ4n) is 2.42. The van der Waals surface area contributed by atoms with E-state index in [9.17, 15) is 9.59 Å². The van der Waals surface area contributed by atoms with Crippen LogP contribution in [0.2, 0.25) is 0 Å². The van der Waals surface area contributed by atoms with Gasteiger partial charge < -0.3 is 5.32 Å². The molecule has 1 saturated heterocycles. The standard InChI is InChI=1S/C19H18N2O2/c1-13-3-7-15(8-4-13)11-17-18(22)21(19(23)20-17)12-16-9-5-14(2)6-10-16/h3-11H,12H2,1-2H3,(H,20,23)/b17-11+. The van der Waals surface area contributed by atoms with Crippen LogP contribution in [-0.4, -0.2) is 16.8 Å². The summed E-state index contributed by atoms with van der Waals surface area (Å²) in [5, 5.41) is 2.65. The van der Waals surface area contributed by atoms with Crippen LogP contribution >= 0.6 is 0 Å². The molecule has 0 aromatic heterocycles. The van der Waals surface area contributed by atoms with E-state index in [1.54, 1.807) is 6.08 Å². The molecule has 0 spiro atoms. The third kappa shape index (κ3) is 3.31. The lowest BCUT2D eigenvalue weighted by atomic mass is 10.1. The summed E-state index contributed by atoms with van der Waals surface area (Å²) in [7, 11) is 0. The van der Waals surface area contributed by atoms with Crippen LogP contribution in [0.3, 0.4) is 0 Å². The Kier molecular flexibility index (Phi) is 3.98. The predicted molar refractivity (Wildman–Crippen MR) is 89.4 cm³/mol.